The Labute approximate surface area is 318 Å². The van der Waals surface area contributed by atoms with Crippen molar-refractivity contribution >= 4 is 17.9 Å². The Morgan fingerprint density at radius 3 is 1.16 bits per heavy atom. The third-order valence-corrected chi connectivity index (χ3v) is 8.20. The highest BCUT2D eigenvalue weighted by Gasteiger charge is 2.31. The Bertz CT molecular complexity index is 1920. The molecule has 0 saturated carbocycles. The maximum Gasteiger partial charge on any atom is 0.338 e. The van der Waals surface area contributed by atoms with Gasteiger partial charge in [0.25, 0.3) is 0 Å². The molecule has 55 heavy (non-hydrogen) atoms. The first-order chi connectivity index (χ1) is 26.6. The number of ether oxygens (including phenoxy) is 12. The third-order valence-electron chi connectivity index (χ3n) is 8.20. The van der Waals surface area contributed by atoms with E-state index in [-0.39, 0.29) is 29.0 Å². The summed E-state index contributed by atoms with van der Waals surface area (Å²) in [7, 11) is 11.7. The Kier molecular flexibility index (Phi) is 15.2. The summed E-state index contributed by atoms with van der Waals surface area (Å²) in [6, 6.07) is 18.6. The summed E-state index contributed by atoms with van der Waals surface area (Å²) in [6.07, 6.45) is -2.53. The molecule has 294 valence electrons. The van der Waals surface area contributed by atoms with Gasteiger partial charge >= 0.3 is 17.9 Å². The van der Waals surface area contributed by atoms with Gasteiger partial charge in [-0.1, -0.05) is 6.07 Å². The maximum absolute atomic E-state index is 13.7. The molecule has 0 N–H and O–H groups in total. The second-order valence-electron chi connectivity index (χ2n) is 11.4. The molecule has 0 amide bonds. The van der Waals surface area contributed by atoms with Gasteiger partial charge in [0.2, 0.25) is 0 Å². The summed E-state index contributed by atoms with van der Waals surface area (Å²) in [6.45, 7) is -1.04. The number of carbonyl (C=O) groups excluding carboxylic acids is 3. The van der Waals surface area contributed by atoms with Crippen LogP contribution >= 0.6 is 0 Å². The van der Waals surface area contributed by atoms with Gasteiger partial charge in [0.05, 0.1) is 80.2 Å². The van der Waals surface area contributed by atoms with Crippen LogP contribution in [0.2, 0.25) is 0 Å². The minimum atomic E-state index is -1.33. The predicted octanol–water partition coefficient (Wildman–Crippen LogP) is 5.58. The fourth-order valence-electron chi connectivity index (χ4n) is 5.23. The average molecular weight is 765 g/mol. The van der Waals surface area contributed by atoms with Crippen molar-refractivity contribution in [3.05, 3.63) is 95.1 Å². The molecule has 4 rings (SSSR count). The molecule has 0 saturated heterocycles. The highest BCUT2D eigenvalue weighted by atomic mass is 16.6. The van der Waals surface area contributed by atoms with Crippen molar-refractivity contribution in [3.8, 4) is 46.0 Å². The van der Waals surface area contributed by atoms with E-state index in [9.17, 15) is 14.4 Å². The Morgan fingerprint density at radius 1 is 0.418 bits per heavy atom. The van der Waals surface area contributed by atoms with Gasteiger partial charge in [-0.3, -0.25) is 0 Å². The number of methoxy groups -OCH3 is 8. The molecular formula is C40H44O15. The Morgan fingerprint density at radius 2 is 0.764 bits per heavy atom. The number of esters is 3. The molecule has 0 aromatic heterocycles. The average Bonchev–Trinajstić information content (AvgIpc) is 3.23. The molecule has 15 heteroatoms. The number of benzene rings is 4. The fourth-order valence-corrected chi connectivity index (χ4v) is 5.23. The Hall–Kier alpha value is -6.35. The van der Waals surface area contributed by atoms with Crippen LogP contribution in [0.3, 0.4) is 0 Å². The van der Waals surface area contributed by atoms with Gasteiger partial charge in [0, 0.05) is 0 Å². The van der Waals surface area contributed by atoms with Crippen LogP contribution in [0, 0.1) is 0 Å². The monoisotopic (exact) mass is 764 g/mol. The number of hydrogen-bond acceptors (Lipinski definition) is 15. The number of rotatable bonds is 20. The van der Waals surface area contributed by atoms with E-state index in [0.29, 0.717) is 45.8 Å². The summed E-state index contributed by atoms with van der Waals surface area (Å²) in [5, 5.41) is 0. The van der Waals surface area contributed by atoms with E-state index in [2.05, 4.69) is 0 Å². The molecule has 0 radical (unpaired) electrons. The SMILES string of the molecule is COc1ccc(COC(COC(=O)c2ccc(OC)c(OC)c2)C(COC(=O)c2ccc(OC)c(OC)c2)OC(=O)c2ccc(OC)c(OC)c2)cc1OC. The van der Waals surface area contributed by atoms with Crippen LogP contribution < -0.4 is 37.9 Å². The molecule has 0 aliphatic rings. The van der Waals surface area contributed by atoms with Gasteiger partial charge in [-0.05, 0) is 72.3 Å². The van der Waals surface area contributed by atoms with Crippen molar-refractivity contribution in [2.75, 3.05) is 70.1 Å². The van der Waals surface area contributed by atoms with Crippen LogP contribution in [0.25, 0.3) is 0 Å². The largest absolute Gasteiger partial charge is 0.493 e. The van der Waals surface area contributed by atoms with Gasteiger partial charge in [-0.15, -0.1) is 0 Å². The summed E-state index contributed by atoms with van der Waals surface area (Å²) in [5.74, 6) is 0.691. The lowest BCUT2D eigenvalue weighted by atomic mass is 10.1. The maximum atomic E-state index is 13.7. The molecule has 15 nitrogen and oxygen atoms in total. The van der Waals surface area contributed by atoms with E-state index in [1.165, 1.54) is 99.3 Å². The van der Waals surface area contributed by atoms with Gasteiger partial charge in [-0.25, -0.2) is 14.4 Å². The molecule has 0 aliphatic carbocycles. The molecule has 0 aliphatic heterocycles. The van der Waals surface area contributed by atoms with Gasteiger partial charge in [0.1, 0.15) is 19.3 Å². The summed E-state index contributed by atoms with van der Waals surface area (Å²) in [5.41, 5.74) is 1.01. The summed E-state index contributed by atoms with van der Waals surface area (Å²) in [4.78, 5) is 40.4. The quantitative estimate of drug-likeness (QED) is 0.0809. The van der Waals surface area contributed by atoms with Crippen LogP contribution in [-0.4, -0.2) is 100 Å². The second kappa shape index (κ2) is 20.2. The van der Waals surface area contributed by atoms with Crippen molar-refractivity contribution in [2.45, 2.75) is 18.8 Å². The van der Waals surface area contributed by atoms with E-state index in [1.807, 2.05) is 0 Å². The normalized spacial score (nSPS) is 11.6. The van der Waals surface area contributed by atoms with Crippen LogP contribution in [0.15, 0.2) is 72.8 Å². The first-order valence-electron chi connectivity index (χ1n) is 16.7. The van der Waals surface area contributed by atoms with E-state index >= 15 is 0 Å². The molecule has 4 aromatic carbocycles. The molecule has 0 heterocycles. The molecule has 2 unspecified atom stereocenters. The second-order valence-corrected chi connectivity index (χ2v) is 11.4. The van der Waals surface area contributed by atoms with E-state index in [0.717, 1.165) is 0 Å². The number of carbonyl (C=O) groups is 3. The number of hydrogen-bond donors (Lipinski definition) is 0. The van der Waals surface area contributed by atoms with Crippen molar-refractivity contribution in [1.29, 1.82) is 0 Å². The van der Waals surface area contributed by atoms with Crippen molar-refractivity contribution in [1.82, 2.24) is 0 Å². The molecular weight excluding hydrogens is 720 g/mol. The zero-order valence-corrected chi connectivity index (χ0v) is 31.8. The van der Waals surface area contributed by atoms with Gasteiger partial charge < -0.3 is 56.8 Å². The Balaban J connectivity index is 1.68. The van der Waals surface area contributed by atoms with E-state index in [4.69, 9.17) is 56.8 Å². The predicted molar refractivity (Wildman–Crippen MR) is 197 cm³/mol. The summed E-state index contributed by atoms with van der Waals surface area (Å²) < 4.78 is 66.3. The van der Waals surface area contributed by atoms with Crippen molar-refractivity contribution < 1.29 is 71.2 Å². The first-order valence-corrected chi connectivity index (χ1v) is 16.7. The fraction of sp³-hybridized carbons (Fsp3) is 0.325. The van der Waals surface area contributed by atoms with Crippen LogP contribution in [0.5, 0.6) is 46.0 Å². The first kappa shape index (κ1) is 41.4. The lowest BCUT2D eigenvalue weighted by Gasteiger charge is -2.27. The van der Waals surface area contributed by atoms with Crippen LogP contribution in [-0.2, 0) is 25.6 Å². The topological polar surface area (TPSA) is 162 Å². The zero-order chi connectivity index (χ0) is 39.9. The summed E-state index contributed by atoms with van der Waals surface area (Å²) >= 11 is 0. The highest BCUT2D eigenvalue weighted by Crippen LogP contribution is 2.31. The third kappa shape index (κ3) is 10.6. The minimum Gasteiger partial charge on any atom is -0.493 e. The molecule has 0 fully saturated rings. The van der Waals surface area contributed by atoms with Gasteiger partial charge in [0.15, 0.2) is 52.1 Å². The van der Waals surface area contributed by atoms with Crippen molar-refractivity contribution in [3.63, 3.8) is 0 Å². The molecule has 0 bridgehead atoms. The minimum absolute atomic E-state index is 0.0764. The molecule has 2 atom stereocenters. The lowest BCUT2D eigenvalue weighted by molar-refractivity contribution is -0.0990. The standard InChI is InChI=1S/C40H44O15/c1-44-28-13-9-24(17-32(28)48-5)21-52-36(22-53-38(41)25-10-14-29(45-2)33(18-25)49-6)37(55-40(43)27-12-16-31(47-4)35(20-27)51-8)23-54-39(42)26-11-15-30(46-3)34(19-26)50-7/h9-20,36-37H,21-23H2,1-8H3. The van der Waals surface area contributed by atoms with Crippen LogP contribution in [0.4, 0.5) is 0 Å². The van der Waals surface area contributed by atoms with E-state index < -0.39 is 43.3 Å². The lowest BCUT2D eigenvalue weighted by Crippen LogP contribution is -2.41. The highest BCUT2D eigenvalue weighted by molar-refractivity contribution is 5.92. The van der Waals surface area contributed by atoms with E-state index in [1.54, 1.807) is 30.3 Å². The van der Waals surface area contributed by atoms with Crippen LogP contribution in [0.1, 0.15) is 36.6 Å². The van der Waals surface area contributed by atoms with Crippen molar-refractivity contribution in [2.24, 2.45) is 0 Å². The smallest absolute Gasteiger partial charge is 0.338 e. The zero-order valence-electron chi connectivity index (χ0n) is 31.8. The molecule has 4 aromatic rings. The van der Waals surface area contributed by atoms with Gasteiger partial charge in [-0.2, -0.15) is 0 Å². The molecule has 0 spiro atoms.